The average molecular weight is 321 g/mol. The normalized spacial score (nSPS) is 20.0. The molecular weight excluding hydrogens is 306 g/mol. The number of urea groups is 1. The number of hydrogen-bond acceptors (Lipinski definition) is 3. The molecule has 1 aliphatic carbocycles. The maximum absolute atomic E-state index is 13.0. The molecule has 0 aliphatic heterocycles. The van der Waals surface area contributed by atoms with Gasteiger partial charge in [0.25, 0.3) is 0 Å². The second-order valence-electron chi connectivity index (χ2n) is 5.00. The summed E-state index contributed by atoms with van der Waals surface area (Å²) < 4.78 is 54.2. The fourth-order valence-corrected chi connectivity index (χ4v) is 2.21. The van der Waals surface area contributed by atoms with E-state index in [2.05, 4.69) is 20.4 Å². The van der Waals surface area contributed by atoms with Crippen molar-refractivity contribution in [2.24, 2.45) is 0 Å². The molecule has 1 aliphatic rings. The SMILES string of the molecule is O=C(NCc1ccnc(OC(F)F)c1)NC1CCC(F)(F)C1. The van der Waals surface area contributed by atoms with Gasteiger partial charge in [-0.3, -0.25) is 0 Å². The topological polar surface area (TPSA) is 63.2 Å². The van der Waals surface area contributed by atoms with Gasteiger partial charge in [0.15, 0.2) is 0 Å². The highest BCUT2D eigenvalue weighted by Crippen LogP contribution is 2.34. The molecule has 122 valence electrons. The molecule has 1 aromatic rings. The molecule has 2 rings (SSSR count). The first-order valence-electron chi connectivity index (χ1n) is 6.66. The predicted octanol–water partition coefficient (Wildman–Crippen LogP) is 2.67. The molecule has 1 unspecified atom stereocenters. The number of ether oxygens (including phenoxy) is 1. The Balaban J connectivity index is 1.79. The molecular formula is C13H15F4N3O2. The number of alkyl halides is 4. The van der Waals surface area contributed by atoms with Crippen LogP contribution in [0.25, 0.3) is 0 Å². The van der Waals surface area contributed by atoms with Crippen LogP contribution in [0.3, 0.4) is 0 Å². The lowest BCUT2D eigenvalue weighted by molar-refractivity contribution is -0.0529. The Hall–Kier alpha value is -2.06. The fraction of sp³-hybridized carbons (Fsp3) is 0.538. The van der Waals surface area contributed by atoms with Gasteiger partial charge in [0, 0.05) is 37.7 Å². The Morgan fingerprint density at radius 1 is 1.50 bits per heavy atom. The lowest BCUT2D eigenvalue weighted by Gasteiger charge is -2.14. The third kappa shape index (κ3) is 5.05. The molecule has 0 aromatic carbocycles. The number of carbonyl (C=O) groups excluding carboxylic acids is 1. The summed E-state index contributed by atoms with van der Waals surface area (Å²) in [6, 6.07) is 1.62. The Labute approximate surface area is 124 Å². The molecule has 2 N–H and O–H groups in total. The van der Waals surface area contributed by atoms with Gasteiger partial charge >= 0.3 is 12.6 Å². The zero-order valence-electron chi connectivity index (χ0n) is 11.5. The Bertz CT molecular complexity index is 528. The van der Waals surface area contributed by atoms with Crippen LogP contribution in [0.15, 0.2) is 18.3 Å². The van der Waals surface area contributed by atoms with E-state index < -0.39 is 24.6 Å². The summed E-state index contributed by atoms with van der Waals surface area (Å²) in [6.45, 7) is -2.94. The molecule has 9 heteroatoms. The molecule has 1 heterocycles. The van der Waals surface area contributed by atoms with Crippen LogP contribution < -0.4 is 15.4 Å². The minimum Gasteiger partial charge on any atom is -0.417 e. The summed E-state index contributed by atoms with van der Waals surface area (Å²) in [4.78, 5) is 15.2. The number of halogens is 4. The van der Waals surface area contributed by atoms with Crippen LogP contribution in [-0.2, 0) is 6.54 Å². The minimum atomic E-state index is -2.98. The number of hydrogen-bond donors (Lipinski definition) is 2. The van der Waals surface area contributed by atoms with Crippen molar-refractivity contribution < 1.29 is 27.1 Å². The molecule has 0 radical (unpaired) electrons. The second kappa shape index (κ2) is 6.80. The first kappa shape index (κ1) is 16.3. The van der Waals surface area contributed by atoms with E-state index in [0.29, 0.717) is 5.56 Å². The van der Waals surface area contributed by atoms with Crippen molar-refractivity contribution in [3.05, 3.63) is 23.9 Å². The van der Waals surface area contributed by atoms with Crippen LogP contribution in [0.5, 0.6) is 5.88 Å². The molecule has 2 amide bonds. The quantitative estimate of drug-likeness (QED) is 0.820. The second-order valence-corrected chi connectivity index (χ2v) is 5.00. The van der Waals surface area contributed by atoms with E-state index in [0.717, 1.165) is 0 Å². The number of rotatable bonds is 5. The maximum atomic E-state index is 13.0. The van der Waals surface area contributed by atoms with Crippen LogP contribution in [0.2, 0.25) is 0 Å². The molecule has 5 nitrogen and oxygen atoms in total. The van der Waals surface area contributed by atoms with Gasteiger partial charge < -0.3 is 15.4 Å². The third-order valence-electron chi connectivity index (χ3n) is 3.20. The number of aromatic nitrogens is 1. The largest absolute Gasteiger partial charge is 0.417 e. The van der Waals surface area contributed by atoms with Gasteiger partial charge in [0.05, 0.1) is 0 Å². The molecule has 1 aromatic heterocycles. The first-order valence-corrected chi connectivity index (χ1v) is 6.66. The van der Waals surface area contributed by atoms with Crippen LogP contribution in [0.4, 0.5) is 22.4 Å². The van der Waals surface area contributed by atoms with Crippen LogP contribution in [0, 0.1) is 0 Å². The highest BCUT2D eigenvalue weighted by atomic mass is 19.3. The zero-order valence-corrected chi connectivity index (χ0v) is 11.5. The summed E-state index contributed by atoms with van der Waals surface area (Å²) in [6.07, 6.45) is 0.880. The van der Waals surface area contributed by atoms with Crippen LogP contribution in [-0.4, -0.2) is 29.6 Å². The average Bonchev–Trinajstić information content (AvgIpc) is 2.75. The van der Waals surface area contributed by atoms with E-state index in [-0.39, 0.29) is 31.7 Å². The van der Waals surface area contributed by atoms with E-state index >= 15 is 0 Å². The summed E-state index contributed by atoms with van der Waals surface area (Å²) in [5, 5.41) is 4.92. The number of pyridine rings is 1. The Kier molecular flexibility index (Phi) is 5.04. The number of carbonyl (C=O) groups is 1. The molecule has 1 atom stereocenters. The number of nitrogens with zero attached hydrogens (tertiary/aromatic N) is 1. The molecule has 0 saturated heterocycles. The van der Waals surface area contributed by atoms with Crippen molar-refractivity contribution in [3.63, 3.8) is 0 Å². The highest BCUT2D eigenvalue weighted by Gasteiger charge is 2.39. The van der Waals surface area contributed by atoms with Crippen LogP contribution in [0.1, 0.15) is 24.8 Å². The van der Waals surface area contributed by atoms with Gasteiger partial charge in [-0.1, -0.05) is 0 Å². The van der Waals surface area contributed by atoms with E-state index in [1.807, 2.05) is 0 Å². The number of nitrogens with one attached hydrogen (secondary N) is 2. The highest BCUT2D eigenvalue weighted by molar-refractivity contribution is 5.74. The van der Waals surface area contributed by atoms with Crippen molar-refractivity contribution in [2.45, 2.75) is 44.4 Å². The maximum Gasteiger partial charge on any atom is 0.388 e. The third-order valence-corrected chi connectivity index (χ3v) is 3.20. The van der Waals surface area contributed by atoms with Crippen molar-refractivity contribution in [3.8, 4) is 5.88 Å². The van der Waals surface area contributed by atoms with Crippen molar-refractivity contribution in [1.82, 2.24) is 15.6 Å². The van der Waals surface area contributed by atoms with E-state index in [1.54, 1.807) is 0 Å². The van der Waals surface area contributed by atoms with E-state index in [4.69, 9.17) is 0 Å². The van der Waals surface area contributed by atoms with Gasteiger partial charge in [0.1, 0.15) is 0 Å². The standard InChI is InChI=1S/C13H15F4N3O2/c14-11(15)22-10-5-8(2-4-18-10)7-19-12(21)20-9-1-3-13(16,17)6-9/h2,4-5,9,11H,1,3,6-7H2,(H2,19,20,21). The zero-order chi connectivity index (χ0) is 16.2. The van der Waals surface area contributed by atoms with Gasteiger partial charge in [0.2, 0.25) is 11.8 Å². The molecule has 1 fully saturated rings. The molecule has 0 bridgehead atoms. The lowest BCUT2D eigenvalue weighted by atomic mass is 10.2. The van der Waals surface area contributed by atoms with Gasteiger partial charge in [-0.15, -0.1) is 0 Å². The van der Waals surface area contributed by atoms with Crippen LogP contribution >= 0.6 is 0 Å². The summed E-state index contributed by atoms with van der Waals surface area (Å²) in [5.74, 6) is -2.99. The summed E-state index contributed by atoms with van der Waals surface area (Å²) in [7, 11) is 0. The van der Waals surface area contributed by atoms with E-state index in [9.17, 15) is 22.4 Å². The van der Waals surface area contributed by atoms with Gasteiger partial charge in [-0.05, 0) is 18.1 Å². The van der Waals surface area contributed by atoms with Gasteiger partial charge in [-0.2, -0.15) is 8.78 Å². The van der Waals surface area contributed by atoms with Crippen molar-refractivity contribution in [1.29, 1.82) is 0 Å². The summed E-state index contributed by atoms with van der Waals surface area (Å²) in [5.41, 5.74) is 0.498. The fourth-order valence-electron chi connectivity index (χ4n) is 2.21. The molecule has 0 spiro atoms. The minimum absolute atomic E-state index is 0.0388. The lowest BCUT2D eigenvalue weighted by Crippen LogP contribution is -2.41. The number of amides is 2. The Morgan fingerprint density at radius 3 is 2.91 bits per heavy atom. The molecule has 22 heavy (non-hydrogen) atoms. The van der Waals surface area contributed by atoms with Crippen molar-refractivity contribution >= 4 is 6.03 Å². The van der Waals surface area contributed by atoms with Gasteiger partial charge in [-0.25, -0.2) is 18.6 Å². The van der Waals surface area contributed by atoms with Crippen molar-refractivity contribution in [2.75, 3.05) is 0 Å². The summed E-state index contributed by atoms with van der Waals surface area (Å²) >= 11 is 0. The first-order chi connectivity index (χ1) is 10.3. The van der Waals surface area contributed by atoms with E-state index in [1.165, 1.54) is 18.3 Å². The monoisotopic (exact) mass is 321 g/mol. The smallest absolute Gasteiger partial charge is 0.388 e. The Morgan fingerprint density at radius 2 is 2.27 bits per heavy atom. The predicted molar refractivity (Wildman–Crippen MR) is 68.8 cm³/mol. The molecule has 1 saturated carbocycles.